The van der Waals surface area contributed by atoms with E-state index in [9.17, 15) is 19.7 Å². The van der Waals surface area contributed by atoms with E-state index >= 15 is 0 Å². The van der Waals surface area contributed by atoms with E-state index in [1.54, 1.807) is 12.1 Å². The molecule has 0 atom stereocenters. The number of amides is 2. The van der Waals surface area contributed by atoms with E-state index in [0.29, 0.717) is 16.9 Å². The number of nitro groups is 1. The average Bonchev–Trinajstić information content (AvgIpc) is 3.12. The summed E-state index contributed by atoms with van der Waals surface area (Å²) < 4.78 is 0. The van der Waals surface area contributed by atoms with Gasteiger partial charge in [-0.2, -0.15) is 5.10 Å². The number of aromatic nitrogens is 2. The van der Waals surface area contributed by atoms with E-state index in [-0.39, 0.29) is 5.69 Å². The molecule has 0 saturated carbocycles. The molecule has 0 unspecified atom stereocenters. The molecule has 4 N–H and O–H groups in total. The van der Waals surface area contributed by atoms with E-state index < -0.39 is 22.4 Å². The van der Waals surface area contributed by atoms with Crippen LogP contribution in [0.4, 0.5) is 17.1 Å². The fourth-order valence-electron chi connectivity index (χ4n) is 2.99. The van der Waals surface area contributed by atoms with Crippen LogP contribution in [0.1, 0.15) is 40.1 Å². The zero-order valence-electron chi connectivity index (χ0n) is 13.9. The number of hydrogen-bond donors (Lipinski definition) is 3. The Balaban J connectivity index is 1.88. The van der Waals surface area contributed by atoms with Crippen molar-refractivity contribution in [3.63, 3.8) is 0 Å². The zero-order valence-corrected chi connectivity index (χ0v) is 13.9. The SMILES string of the molecule is NC(=O)c1ccc(NC(=O)c2[nH]ncc2[N+](=O)[O-])cc1N1CCCCC1. The Labute approximate surface area is 148 Å². The molecule has 1 aromatic carbocycles. The van der Waals surface area contributed by atoms with Crippen LogP contribution in [-0.4, -0.2) is 40.0 Å². The maximum Gasteiger partial charge on any atom is 0.319 e. The number of rotatable bonds is 5. The highest BCUT2D eigenvalue weighted by molar-refractivity contribution is 6.06. The van der Waals surface area contributed by atoms with Crippen LogP contribution in [0.3, 0.4) is 0 Å². The number of aromatic amines is 1. The summed E-state index contributed by atoms with van der Waals surface area (Å²) in [6.45, 7) is 1.59. The lowest BCUT2D eigenvalue weighted by Gasteiger charge is -2.30. The van der Waals surface area contributed by atoms with Gasteiger partial charge in [-0.1, -0.05) is 0 Å². The number of carbonyl (C=O) groups is 2. The van der Waals surface area contributed by atoms with Crippen molar-refractivity contribution in [3.8, 4) is 0 Å². The lowest BCUT2D eigenvalue weighted by molar-refractivity contribution is -0.385. The summed E-state index contributed by atoms with van der Waals surface area (Å²) in [5.74, 6) is -1.24. The normalized spacial score (nSPS) is 14.1. The van der Waals surface area contributed by atoms with Crippen molar-refractivity contribution in [2.75, 3.05) is 23.3 Å². The summed E-state index contributed by atoms with van der Waals surface area (Å²) in [6.07, 6.45) is 4.12. The van der Waals surface area contributed by atoms with Gasteiger partial charge in [0.25, 0.3) is 11.8 Å². The molecule has 1 aliphatic rings. The predicted molar refractivity (Wildman–Crippen MR) is 94.2 cm³/mol. The number of benzene rings is 1. The van der Waals surface area contributed by atoms with Crippen LogP contribution < -0.4 is 16.0 Å². The van der Waals surface area contributed by atoms with Gasteiger partial charge in [-0.05, 0) is 37.5 Å². The van der Waals surface area contributed by atoms with Gasteiger partial charge in [-0.25, -0.2) is 0 Å². The molecule has 3 rings (SSSR count). The Kier molecular flexibility index (Phi) is 4.83. The first-order valence-electron chi connectivity index (χ1n) is 8.15. The highest BCUT2D eigenvalue weighted by Crippen LogP contribution is 2.28. The molecular formula is C16H18N6O4. The minimum atomic E-state index is -0.689. The third-order valence-electron chi connectivity index (χ3n) is 4.26. The second kappa shape index (κ2) is 7.21. The van der Waals surface area contributed by atoms with Gasteiger partial charge in [0.15, 0.2) is 0 Å². The molecule has 10 nitrogen and oxygen atoms in total. The highest BCUT2D eigenvalue weighted by atomic mass is 16.6. The Morgan fingerprint density at radius 1 is 1.27 bits per heavy atom. The fraction of sp³-hybridized carbons (Fsp3) is 0.312. The maximum absolute atomic E-state index is 12.3. The van der Waals surface area contributed by atoms with Gasteiger partial charge in [-0.15, -0.1) is 0 Å². The van der Waals surface area contributed by atoms with Crippen molar-refractivity contribution in [2.45, 2.75) is 19.3 Å². The second-order valence-corrected chi connectivity index (χ2v) is 5.99. The number of anilines is 2. The van der Waals surface area contributed by atoms with Crippen molar-refractivity contribution in [2.24, 2.45) is 5.73 Å². The van der Waals surface area contributed by atoms with Crippen LogP contribution in [-0.2, 0) is 0 Å². The lowest BCUT2D eigenvalue weighted by Crippen LogP contribution is -2.31. The Morgan fingerprint density at radius 3 is 2.65 bits per heavy atom. The van der Waals surface area contributed by atoms with Crippen LogP contribution >= 0.6 is 0 Å². The highest BCUT2D eigenvalue weighted by Gasteiger charge is 2.24. The molecule has 136 valence electrons. The van der Waals surface area contributed by atoms with Crippen molar-refractivity contribution >= 4 is 28.9 Å². The summed E-state index contributed by atoms with van der Waals surface area (Å²) in [6, 6.07) is 4.74. The number of carbonyl (C=O) groups excluding carboxylic acids is 2. The molecular weight excluding hydrogens is 340 g/mol. The number of hydrogen-bond acceptors (Lipinski definition) is 6. The second-order valence-electron chi connectivity index (χ2n) is 5.99. The summed E-state index contributed by atoms with van der Waals surface area (Å²) in [4.78, 5) is 36.3. The number of piperidine rings is 1. The lowest BCUT2D eigenvalue weighted by atomic mass is 10.1. The van der Waals surface area contributed by atoms with Gasteiger partial charge in [0.2, 0.25) is 5.69 Å². The number of primary amides is 1. The average molecular weight is 358 g/mol. The first-order chi connectivity index (χ1) is 12.5. The van der Waals surface area contributed by atoms with Crippen molar-refractivity contribution < 1.29 is 14.5 Å². The van der Waals surface area contributed by atoms with Crippen LogP contribution in [0.5, 0.6) is 0 Å². The third-order valence-corrected chi connectivity index (χ3v) is 4.26. The van der Waals surface area contributed by atoms with E-state index in [1.165, 1.54) is 6.07 Å². The van der Waals surface area contributed by atoms with Gasteiger partial charge >= 0.3 is 5.69 Å². The first-order valence-corrected chi connectivity index (χ1v) is 8.15. The van der Waals surface area contributed by atoms with Crippen molar-refractivity contribution in [1.29, 1.82) is 0 Å². The molecule has 0 spiro atoms. The first kappa shape index (κ1) is 17.4. The van der Waals surface area contributed by atoms with Crippen LogP contribution in [0.2, 0.25) is 0 Å². The molecule has 0 aliphatic carbocycles. The maximum atomic E-state index is 12.3. The Morgan fingerprint density at radius 2 is 2.00 bits per heavy atom. The molecule has 26 heavy (non-hydrogen) atoms. The molecule has 1 fully saturated rings. The van der Waals surface area contributed by atoms with Crippen LogP contribution in [0.25, 0.3) is 0 Å². The molecule has 1 aliphatic heterocycles. The number of nitrogens with two attached hydrogens (primary N) is 1. The predicted octanol–water partition coefficient (Wildman–Crippen LogP) is 1.66. The van der Waals surface area contributed by atoms with Gasteiger partial charge < -0.3 is 16.0 Å². The van der Waals surface area contributed by atoms with Gasteiger partial charge in [-0.3, -0.25) is 24.8 Å². The minimum Gasteiger partial charge on any atom is -0.371 e. The third kappa shape index (κ3) is 3.48. The van der Waals surface area contributed by atoms with Gasteiger partial charge in [0.1, 0.15) is 6.20 Å². The van der Waals surface area contributed by atoms with E-state index in [2.05, 4.69) is 20.4 Å². The minimum absolute atomic E-state index is 0.242. The molecule has 2 aromatic rings. The summed E-state index contributed by atoms with van der Waals surface area (Å²) >= 11 is 0. The van der Waals surface area contributed by atoms with Gasteiger partial charge in [0.05, 0.1) is 16.2 Å². The number of nitrogens with zero attached hydrogens (tertiary/aromatic N) is 3. The monoisotopic (exact) mass is 358 g/mol. The summed E-state index contributed by atoms with van der Waals surface area (Å²) in [7, 11) is 0. The van der Waals surface area contributed by atoms with E-state index in [1.807, 2.05) is 0 Å². The van der Waals surface area contributed by atoms with Crippen LogP contribution in [0, 0.1) is 10.1 Å². The standard InChI is InChI=1S/C16H18N6O4/c17-15(23)11-5-4-10(8-12(11)21-6-2-1-3-7-21)19-16(24)14-13(22(25)26)9-18-20-14/h4-5,8-9H,1-3,6-7H2,(H2,17,23)(H,18,20)(H,19,24). The number of H-pyrrole nitrogens is 1. The largest absolute Gasteiger partial charge is 0.371 e. The molecule has 2 heterocycles. The molecule has 2 amide bonds. The summed E-state index contributed by atoms with van der Waals surface area (Å²) in [5.41, 5.74) is 6.24. The van der Waals surface area contributed by atoms with Crippen molar-refractivity contribution in [3.05, 3.63) is 45.8 Å². The molecule has 0 radical (unpaired) electrons. The molecule has 1 aromatic heterocycles. The van der Waals surface area contributed by atoms with Gasteiger partial charge in [0, 0.05) is 18.8 Å². The van der Waals surface area contributed by atoms with Crippen molar-refractivity contribution in [1.82, 2.24) is 10.2 Å². The van der Waals surface area contributed by atoms with E-state index in [4.69, 9.17) is 5.73 Å². The Bertz CT molecular complexity index is 856. The number of nitrogens with one attached hydrogen (secondary N) is 2. The fourth-order valence-corrected chi connectivity index (χ4v) is 2.99. The van der Waals surface area contributed by atoms with Crippen LogP contribution in [0.15, 0.2) is 24.4 Å². The quantitative estimate of drug-likeness (QED) is 0.547. The summed E-state index contributed by atoms with van der Waals surface area (Å²) in [5, 5.41) is 19.4. The Hall–Kier alpha value is -3.43. The molecule has 1 saturated heterocycles. The molecule has 10 heteroatoms. The van der Waals surface area contributed by atoms with E-state index in [0.717, 1.165) is 38.5 Å². The topological polar surface area (TPSA) is 147 Å². The smallest absolute Gasteiger partial charge is 0.319 e. The molecule has 0 bridgehead atoms. The zero-order chi connectivity index (χ0) is 18.7.